The van der Waals surface area contributed by atoms with Gasteiger partial charge in [0.25, 0.3) is 0 Å². The first-order valence-corrected chi connectivity index (χ1v) is 4.90. The zero-order valence-electron chi connectivity index (χ0n) is 6.97. The van der Waals surface area contributed by atoms with Gasteiger partial charge in [-0.15, -0.1) is 18.3 Å². The fourth-order valence-corrected chi connectivity index (χ4v) is 2.08. The largest absolute Gasteiger partial charge is 0.103 e. The molecule has 0 N–H and O–H groups in total. The molecule has 0 spiro atoms. The molecular formula is C10H14S. The van der Waals surface area contributed by atoms with Gasteiger partial charge in [0.15, 0.2) is 0 Å². The third kappa shape index (κ3) is 2.26. The number of rotatable bonds is 3. The lowest BCUT2D eigenvalue weighted by atomic mass is 10.1. The van der Waals surface area contributed by atoms with Crippen molar-refractivity contribution in [3.05, 3.63) is 34.6 Å². The topological polar surface area (TPSA) is 0 Å². The fraction of sp³-hybridized carbons (Fsp3) is 0.400. The predicted molar refractivity (Wildman–Crippen MR) is 53.5 cm³/mol. The molecule has 0 aromatic rings. The summed E-state index contributed by atoms with van der Waals surface area (Å²) in [6, 6.07) is 0. The van der Waals surface area contributed by atoms with Crippen LogP contribution in [0.3, 0.4) is 0 Å². The molecular weight excluding hydrogens is 152 g/mol. The molecule has 11 heavy (non-hydrogen) atoms. The van der Waals surface area contributed by atoms with Gasteiger partial charge < -0.3 is 0 Å². The van der Waals surface area contributed by atoms with E-state index in [1.54, 1.807) is 5.57 Å². The summed E-state index contributed by atoms with van der Waals surface area (Å²) < 4.78 is 0. The van der Waals surface area contributed by atoms with Crippen molar-refractivity contribution in [2.24, 2.45) is 0 Å². The average Bonchev–Trinajstić information content (AvgIpc) is 2.06. The maximum absolute atomic E-state index is 3.76. The standard InChI is InChI=1S/C10H14S/c1-3-6-9-7-5-8-11-10(9)4-2/h3,5,8H,1,4,6-7H2,2H3. The van der Waals surface area contributed by atoms with E-state index in [-0.39, 0.29) is 0 Å². The molecule has 0 unspecified atom stereocenters. The summed E-state index contributed by atoms with van der Waals surface area (Å²) in [6.45, 7) is 5.97. The van der Waals surface area contributed by atoms with E-state index in [1.165, 1.54) is 4.91 Å². The van der Waals surface area contributed by atoms with E-state index in [9.17, 15) is 0 Å². The van der Waals surface area contributed by atoms with Gasteiger partial charge in [-0.3, -0.25) is 0 Å². The first-order valence-electron chi connectivity index (χ1n) is 4.02. The van der Waals surface area contributed by atoms with E-state index in [0.29, 0.717) is 0 Å². The first-order chi connectivity index (χ1) is 5.38. The van der Waals surface area contributed by atoms with Crippen LogP contribution in [0.25, 0.3) is 0 Å². The quantitative estimate of drug-likeness (QED) is 0.573. The molecule has 0 saturated heterocycles. The third-order valence-corrected chi connectivity index (χ3v) is 2.97. The van der Waals surface area contributed by atoms with Crippen LogP contribution < -0.4 is 0 Å². The minimum atomic E-state index is 1.06. The highest BCUT2D eigenvalue weighted by atomic mass is 32.2. The summed E-state index contributed by atoms with van der Waals surface area (Å²) in [5.41, 5.74) is 1.55. The number of allylic oxidation sites excluding steroid dienone is 4. The highest BCUT2D eigenvalue weighted by Crippen LogP contribution is 2.32. The highest BCUT2D eigenvalue weighted by molar-refractivity contribution is 8.05. The van der Waals surface area contributed by atoms with E-state index < -0.39 is 0 Å². The van der Waals surface area contributed by atoms with E-state index in [1.807, 2.05) is 17.8 Å². The molecule has 0 saturated carbocycles. The van der Waals surface area contributed by atoms with Crippen molar-refractivity contribution in [2.75, 3.05) is 0 Å². The van der Waals surface area contributed by atoms with Gasteiger partial charge in [0.05, 0.1) is 0 Å². The first kappa shape index (κ1) is 8.66. The Labute approximate surface area is 73.1 Å². The Morgan fingerprint density at radius 2 is 2.55 bits per heavy atom. The lowest BCUT2D eigenvalue weighted by molar-refractivity contribution is 1.04. The molecule has 0 atom stereocenters. The van der Waals surface area contributed by atoms with Crippen LogP contribution in [0.5, 0.6) is 0 Å². The second-order valence-corrected chi connectivity index (χ2v) is 3.57. The van der Waals surface area contributed by atoms with Crippen LogP contribution in [-0.4, -0.2) is 0 Å². The normalized spacial score (nSPS) is 17.2. The second kappa shape index (κ2) is 4.45. The fourth-order valence-electron chi connectivity index (χ4n) is 1.22. The van der Waals surface area contributed by atoms with Crippen molar-refractivity contribution in [1.82, 2.24) is 0 Å². The molecule has 0 nitrogen and oxygen atoms in total. The van der Waals surface area contributed by atoms with Crippen LogP contribution in [0.4, 0.5) is 0 Å². The van der Waals surface area contributed by atoms with Crippen LogP contribution in [0.15, 0.2) is 34.6 Å². The lowest BCUT2D eigenvalue weighted by Crippen LogP contribution is -1.89. The molecule has 0 aromatic carbocycles. The van der Waals surface area contributed by atoms with Crippen molar-refractivity contribution < 1.29 is 0 Å². The van der Waals surface area contributed by atoms with Crippen molar-refractivity contribution >= 4 is 11.8 Å². The molecule has 0 aliphatic carbocycles. The number of hydrogen-bond donors (Lipinski definition) is 0. The molecule has 1 heteroatoms. The van der Waals surface area contributed by atoms with Gasteiger partial charge in [0, 0.05) is 0 Å². The Balaban J connectivity index is 2.67. The predicted octanol–water partition coefficient (Wildman–Crippen LogP) is 3.88. The molecule has 0 fully saturated rings. The van der Waals surface area contributed by atoms with Crippen LogP contribution in [0, 0.1) is 0 Å². The molecule has 0 radical (unpaired) electrons. The minimum Gasteiger partial charge on any atom is -0.103 e. The molecule has 1 aliphatic heterocycles. The van der Waals surface area contributed by atoms with Crippen molar-refractivity contribution in [3.63, 3.8) is 0 Å². The second-order valence-electron chi connectivity index (χ2n) is 2.57. The molecule has 0 bridgehead atoms. The SMILES string of the molecule is C=CCC1=C(CC)SC=CC1. The van der Waals surface area contributed by atoms with Gasteiger partial charge in [0.2, 0.25) is 0 Å². The van der Waals surface area contributed by atoms with E-state index in [0.717, 1.165) is 19.3 Å². The van der Waals surface area contributed by atoms with Gasteiger partial charge in [-0.2, -0.15) is 0 Å². The van der Waals surface area contributed by atoms with Gasteiger partial charge in [-0.25, -0.2) is 0 Å². The van der Waals surface area contributed by atoms with Gasteiger partial charge >= 0.3 is 0 Å². The third-order valence-electron chi connectivity index (χ3n) is 1.78. The summed E-state index contributed by atoms with van der Waals surface area (Å²) >= 11 is 1.86. The molecule has 1 rings (SSSR count). The van der Waals surface area contributed by atoms with Crippen molar-refractivity contribution in [3.8, 4) is 0 Å². The molecule has 0 amide bonds. The Morgan fingerprint density at radius 3 is 3.18 bits per heavy atom. The maximum atomic E-state index is 3.76. The maximum Gasteiger partial charge on any atom is -0.0113 e. The minimum absolute atomic E-state index is 1.06. The smallest absolute Gasteiger partial charge is 0.0113 e. The summed E-state index contributed by atoms with van der Waals surface area (Å²) in [5, 5.41) is 2.19. The van der Waals surface area contributed by atoms with E-state index in [4.69, 9.17) is 0 Å². The molecule has 1 heterocycles. The van der Waals surface area contributed by atoms with Crippen molar-refractivity contribution in [2.45, 2.75) is 26.2 Å². The summed E-state index contributed by atoms with van der Waals surface area (Å²) in [5.74, 6) is 0. The highest BCUT2D eigenvalue weighted by Gasteiger charge is 2.05. The van der Waals surface area contributed by atoms with Crippen LogP contribution in [0.2, 0.25) is 0 Å². The molecule has 0 aromatic heterocycles. The van der Waals surface area contributed by atoms with Crippen molar-refractivity contribution in [1.29, 1.82) is 0 Å². The summed E-state index contributed by atoms with van der Waals surface area (Å²) in [4.78, 5) is 1.53. The zero-order chi connectivity index (χ0) is 8.10. The summed E-state index contributed by atoms with van der Waals surface area (Å²) in [7, 11) is 0. The molecule has 60 valence electrons. The van der Waals surface area contributed by atoms with E-state index >= 15 is 0 Å². The van der Waals surface area contributed by atoms with Crippen LogP contribution >= 0.6 is 11.8 Å². The zero-order valence-corrected chi connectivity index (χ0v) is 7.79. The Morgan fingerprint density at radius 1 is 1.73 bits per heavy atom. The van der Waals surface area contributed by atoms with Gasteiger partial charge in [-0.1, -0.05) is 24.6 Å². The Kier molecular flexibility index (Phi) is 3.50. The van der Waals surface area contributed by atoms with Crippen LogP contribution in [0.1, 0.15) is 26.2 Å². The number of thioether (sulfide) groups is 1. The van der Waals surface area contributed by atoms with Crippen LogP contribution in [-0.2, 0) is 0 Å². The monoisotopic (exact) mass is 166 g/mol. The Hall–Kier alpha value is -0.430. The lowest BCUT2D eigenvalue weighted by Gasteiger charge is -2.12. The van der Waals surface area contributed by atoms with Gasteiger partial charge in [0.1, 0.15) is 0 Å². The number of hydrogen-bond acceptors (Lipinski definition) is 1. The van der Waals surface area contributed by atoms with Gasteiger partial charge in [-0.05, 0) is 29.6 Å². The Bertz CT molecular complexity index is 195. The molecule has 1 aliphatic rings. The van der Waals surface area contributed by atoms with E-state index in [2.05, 4.69) is 25.0 Å². The summed E-state index contributed by atoms with van der Waals surface area (Å²) in [6.07, 6.45) is 7.56. The average molecular weight is 166 g/mol.